The molecule has 0 aliphatic rings. The highest BCUT2D eigenvalue weighted by Crippen LogP contribution is 2.38. The molecule has 4 aromatic rings. The van der Waals surface area contributed by atoms with E-state index < -0.39 is 34.4 Å². The van der Waals surface area contributed by atoms with E-state index in [4.69, 9.17) is 18.9 Å². The topological polar surface area (TPSA) is 124 Å². The van der Waals surface area contributed by atoms with Gasteiger partial charge in [0.25, 0.3) is 10.0 Å². The van der Waals surface area contributed by atoms with E-state index in [-0.39, 0.29) is 35.0 Å². The lowest BCUT2D eigenvalue weighted by Crippen LogP contribution is -2.53. The Hall–Kier alpha value is -5.23. The minimum atomic E-state index is -4.47. The van der Waals surface area contributed by atoms with Gasteiger partial charge in [0.2, 0.25) is 11.8 Å². The van der Waals surface area contributed by atoms with Gasteiger partial charge in [0, 0.05) is 32.1 Å². The number of amides is 2. The van der Waals surface area contributed by atoms with Crippen LogP contribution in [0.1, 0.15) is 16.7 Å². The smallest absolute Gasteiger partial charge is 0.265 e. The van der Waals surface area contributed by atoms with Gasteiger partial charge in [-0.15, -0.1) is 0 Å². The Morgan fingerprint density at radius 3 is 2.04 bits per heavy atom. The molecular weight excluding hydrogens is 634 g/mol. The van der Waals surface area contributed by atoms with Crippen LogP contribution in [0.2, 0.25) is 0 Å². The first-order valence-corrected chi connectivity index (χ1v) is 16.6. The van der Waals surface area contributed by atoms with Gasteiger partial charge in [0.1, 0.15) is 24.1 Å². The average Bonchev–Trinajstić information content (AvgIpc) is 3.11. The number of sulfonamides is 1. The van der Waals surface area contributed by atoms with E-state index in [2.05, 4.69) is 5.32 Å². The standard InChI is InChI=1S/C36H41N3O8S/c1-25-11-10-14-27(19-25)23-38(31(36(41)37-2)20-26-12-8-7-9-13-26)35(40)24-39(30-21-28(44-3)15-17-32(30)45-4)48(42,43)29-16-18-33(46-5)34(22-29)47-6/h7-19,21-22,31H,20,23-24H2,1-6H3,(H,37,41)/t31-/m1/s1. The number of nitrogens with zero attached hydrogens (tertiary/aromatic N) is 2. The molecule has 254 valence electrons. The number of hydrogen-bond acceptors (Lipinski definition) is 8. The second-order valence-corrected chi connectivity index (χ2v) is 12.8. The molecule has 0 fully saturated rings. The van der Waals surface area contributed by atoms with Crippen molar-refractivity contribution in [3.63, 3.8) is 0 Å². The zero-order valence-electron chi connectivity index (χ0n) is 27.9. The van der Waals surface area contributed by atoms with Crippen molar-refractivity contribution in [1.29, 1.82) is 0 Å². The second-order valence-electron chi connectivity index (χ2n) is 10.9. The summed E-state index contributed by atoms with van der Waals surface area (Å²) in [6.07, 6.45) is 0.197. The average molecular weight is 676 g/mol. The Morgan fingerprint density at radius 1 is 0.750 bits per heavy atom. The lowest BCUT2D eigenvalue weighted by Gasteiger charge is -2.34. The number of hydrogen-bond donors (Lipinski definition) is 1. The van der Waals surface area contributed by atoms with Gasteiger partial charge < -0.3 is 29.2 Å². The van der Waals surface area contributed by atoms with Gasteiger partial charge >= 0.3 is 0 Å². The summed E-state index contributed by atoms with van der Waals surface area (Å²) in [5, 5.41) is 2.69. The third-order valence-corrected chi connectivity index (χ3v) is 9.59. The number of methoxy groups -OCH3 is 4. The molecule has 0 spiro atoms. The molecule has 0 bridgehead atoms. The molecule has 1 atom stereocenters. The molecule has 0 aliphatic carbocycles. The van der Waals surface area contributed by atoms with Crippen molar-refractivity contribution < 1.29 is 37.0 Å². The van der Waals surface area contributed by atoms with E-state index in [0.717, 1.165) is 21.0 Å². The fourth-order valence-electron chi connectivity index (χ4n) is 5.34. The number of rotatable bonds is 15. The molecule has 2 amide bonds. The highest BCUT2D eigenvalue weighted by Gasteiger charge is 2.36. The number of aryl methyl sites for hydroxylation is 1. The Kier molecular flexibility index (Phi) is 11.9. The minimum Gasteiger partial charge on any atom is -0.497 e. The molecule has 48 heavy (non-hydrogen) atoms. The van der Waals surface area contributed by atoms with Crippen LogP contribution < -0.4 is 28.6 Å². The SMILES string of the molecule is CNC(=O)[C@@H](Cc1ccccc1)N(Cc1cccc(C)c1)C(=O)CN(c1cc(OC)ccc1OC)S(=O)(=O)c1ccc(OC)c(OC)c1. The van der Waals surface area contributed by atoms with E-state index in [9.17, 15) is 18.0 Å². The van der Waals surface area contributed by atoms with Crippen molar-refractivity contribution in [3.8, 4) is 23.0 Å². The molecule has 0 unspecified atom stereocenters. The fraction of sp³-hybridized carbons (Fsp3) is 0.278. The molecular formula is C36H41N3O8S. The van der Waals surface area contributed by atoms with Crippen LogP contribution in [-0.4, -0.2) is 73.2 Å². The van der Waals surface area contributed by atoms with Crippen LogP contribution in [0.25, 0.3) is 0 Å². The zero-order chi connectivity index (χ0) is 34.8. The number of anilines is 1. The molecule has 0 heterocycles. The van der Waals surface area contributed by atoms with Crippen molar-refractivity contribution in [1.82, 2.24) is 10.2 Å². The van der Waals surface area contributed by atoms with Crippen molar-refractivity contribution in [3.05, 3.63) is 108 Å². The Balaban J connectivity index is 1.88. The summed E-state index contributed by atoms with van der Waals surface area (Å²) < 4.78 is 51.8. The molecule has 0 radical (unpaired) electrons. The monoisotopic (exact) mass is 675 g/mol. The number of nitrogens with one attached hydrogen (secondary N) is 1. The first-order valence-electron chi connectivity index (χ1n) is 15.1. The van der Waals surface area contributed by atoms with Gasteiger partial charge in [-0.25, -0.2) is 8.42 Å². The summed E-state index contributed by atoms with van der Waals surface area (Å²) in [6, 6.07) is 24.8. The molecule has 11 nitrogen and oxygen atoms in total. The normalized spacial score (nSPS) is 11.6. The summed E-state index contributed by atoms with van der Waals surface area (Å²) in [5.41, 5.74) is 2.64. The third kappa shape index (κ3) is 8.18. The molecule has 4 rings (SSSR count). The summed E-state index contributed by atoms with van der Waals surface area (Å²) >= 11 is 0. The molecule has 0 saturated carbocycles. The van der Waals surface area contributed by atoms with Crippen molar-refractivity contribution in [2.45, 2.75) is 30.8 Å². The molecule has 0 aromatic heterocycles. The quantitative estimate of drug-likeness (QED) is 0.194. The maximum atomic E-state index is 14.6. The van der Waals surface area contributed by atoms with E-state index in [1.54, 1.807) is 12.1 Å². The van der Waals surface area contributed by atoms with Gasteiger partial charge in [-0.05, 0) is 42.3 Å². The lowest BCUT2D eigenvalue weighted by molar-refractivity contribution is -0.139. The van der Waals surface area contributed by atoms with Crippen LogP contribution in [0, 0.1) is 6.92 Å². The van der Waals surface area contributed by atoms with Crippen LogP contribution in [0.5, 0.6) is 23.0 Å². The number of carbonyl (C=O) groups is 2. The van der Waals surface area contributed by atoms with Crippen LogP contribution >= 0.6 is 0 Å². The second kappa shape index (κ2) is 16.1. The van der Waals surface area contributed by atoms with Crippen molar-refractivity contribution in [2.24, 2.45) is 0 Å². The summed E-state index contributed by atoms with van der Waals surface area (Å²) in [7, 11) is 2.72. The molecule has 4 aromatic carbocycles. The van der Waals surface area contributed by atoms with Crippen LogP contribution in [-0.2, 0) is 32.6 Å². The van der Waals surface area contributed by atoms with Crippen molar-refractivity contribution >= 4 is 27.5 Å². The predicted octanol–water partition coefficient (Wildman–Crippen LogP) is 4.61. The summed E-state index contributed by atoms with van der Waals surface area (Å²) in [4.78, 5) is 29.4. The molecule has 12 heteroatoms. The molecule has 0 aliphatic heterocycles. The first-order chi connectivity index (χ1) is 23.1. The van der Waals surface area contributed by atoms with E-state index in [1.165, 1.54) is 64.7 Å². The number of carbonyl (C=O) groups excluding carboxylic acids is 2. The van der Waals surface area contributed by atoms with Gasteiger partial charge in [-0.1, -0.05) is 60.2 Å². The van der Waals surface area contributed by atoms with E-state index >= 15 is 0 Å². The maximum absolute atomic E-state index is 14.6. The lowest BCUT2D eigenvalue weighted by atomic mass is 10.0. The van der Waals surface area contributed by atoms with E-state index in [1.807, 2.05) is 61.5 Å². The zero-order valence-corrected chi connectivity index (χ0v) is 28.7. The molecule has 0 saturated heterocycles. The number of benzene rings is 4. The third-order valence-electron chi connectivity index (χ3n) is 7.83. The Labute approximate surface area is 282 Å². The highest BCUT2D eigenvalue weighted by atomic mass is 32.2. The van der Waals surface area contributed by atoms with Gasteiger partial charge in [-0.2, -0.15) is 0 Å². The van der Waals surface area contributed by atoms with Crippen LogP contribution in [0.4, 0.5) is 5.69 Å². The number of ether oxygens (including phenoxy) is 4. The fourth-order valence-corrected chi connectivity index (χ4v) is 6.77. The molecule has 1 N–H and O–H groups in total. The van der Waals surface area contributed by atoms with Crippen LogP contribution in [0.3, 0.4) is 0 Å². The Morgan fingerprint density at radius 2 is 1.42 bits per heavy atom. The van der Waals surface area contributed by atoms with Crippen molar-refractivity contribution in [2.75, 3.05) is 46.3 Å². The van der Waals surface area contributed by atoms with Gasteiger partial charge in [-0.3, -0.25) is 13.9 Å². The number of likely N-dealkylation sites (N-methyl/N-ethyl adjacent to an activating group) is 1. The summed E-state index contributed by atoms with van der Waals surface area (Å²) in [5.74, 6) is 0.0329. The van der Waals surface area contributed by atoms with Crippen LogP contribution in [0.15, 0.2) is 95.9 Å². The largest absolute Gasteiger partial charge is 0.497 e. The Bertz CT molecular complexity index is 1830. The van der Waals surface area contributed by atoms with Gasteiger partial charge in [0.05, 0.1) is 39.0 Å². The predicted molar refractivity (Wildman–Crippen MR) is 183 cm³/mol. The van der Waals surface area contributed by atoms with E-state index in [0.29, 0.717) is 11.5 Å². The first kappa shape index (κ1) is 35.6. The minimum absolute atomic E-state index is 0.0466. The summed E-state index contributed by atoms with van der Waals surface area (Å²) in [6.45, 7) is 1.31. The van der Waals surface area contributed by atoms with Gasteiger partial charge in [0.15, 0.2) is 11.5 Å². The highest BCUT2D eigenvalue weighted by molar-refractivity contribution is 7.92. The maximum Gasteiger partial charge on any atom is 0.265 e.